The van der Waals surface area contributed by atoms with E-state index in [1.54, 1.807) is 10.6 Å². The Labute approximate surface area is 159 Å². The maximum absolute atomic E-state index is 13.0. The number of hydrogen-bond donors (Lipinski definition) is 2. The summed E-state index contributed by atoms with van der Waals surface area (Å²) < 4.78 is 6.51. The molecule has 0 bridgehead atoms. The lowest BCUT2D eigenvalue weighted by Crippen LogP contribution is -2.32. The summed E-state index contributed by atoms with van der Waals surface area (Å²) in [7, 11) is 0. The van der Waals surface area contributed by atoms with Gasteiger partial charge in [-0.25, -0.2) is 9.78 Å². The Morgan fingerprint density at radius 1 is 1.29 bits per heavy atom. The molecule has 7 heteroatoms. The smallest absolute Gasteiger partial charge is 0.340 e. The van der Waals surface area contributed by atoms with Crippen LogP contribution in [0.25, 0.3) is 22.3 Å². The van der Waals surface area contributed by atoms with Crippen LogP contribution in [0, 0.1) is 11.8 Å². The van der Waals surface area contributed by atoms with Crippen LogP contribution in [0.2, 0.25) is 0 Å². The van der Waals surface area contributed by atoms with Crippen LogP contribution in [0.15, 0.2) is 35.1 Å². The van der Waals surface area contributed by atoms with E-state index >= 15 is 0 Å². The number of carbonyl (C=O) groups excluding carboxylic acids is 1. The van der Waals surface area contributed by atoms with Gasteiger partial charge in [0.1, 0.15) is 6.61 Å². The van der Waals surface area contributed by atoms with Gasteiger partial charge < -0.3 is 20.1 Å². The molecule has 28 heavy (non-hydrogen) atoms. The first-order chi connectivity index (χ1) is 13.6. The van der Waals surface area contributed by atoms with Gasteiger partial charge in [0, 0.05) is 22.1 Å². The molecular formula is C21H15N3O4. The predicted octanol–water partition coefficient (Wildman–Crippen LogP) is 0.826. The first-order valence-electron chi connectivity index (χ1n) is 8.82. The molecule has 0 aliphatic carbocycles. The lowest BCUT2D eigenvalue weighted by Gasteiger charge is -2.21. The van der Waals surface area contributed by atoms with Gasteiger partial charge in [-0.15, -0.1) is 0 Å². The average Bonchev–Trinajstić information content (AvgIpc) is 3.07. The minimum atomic E-state index is -1.47. The molecule has 1 atom stereocenters. The van der Waals surface area contributed by atoms with Crippen LogP contribution >= 0.6 is 0 Å². The Morgan fingerprint density at radius 3 is 2.93 bits per heavy atom. The number of benzene rings is 1. The number of cyclic esters (lactones) is 1. The van der Waals surface area contributed by atoms with Crippen molar-refractivity contribution in [3.05, 3.63) is 62.9 Å². The quantitative estimate of drug-likeness (QED) is 0.349. The number of aliphatic hydroxyl groups is 1. The normalized spacial score (nSPS) is 16.6. The summed E-state index contributed by atoms with van der Waals surface area (Å²) in [6.07, 6.45) is -1.47. The molecule has 1 aromatic carbocycles. The van der Waals surface area contributed by atoms with Crippen LogP contribution < -0.4 is 11.3 Å². The molecule has 0 saturated heterocycles. The summed E-state index contributed by atoms with van der Waals surface area (Å²) >= 11 is 0. The van der Waals surface area contributed by atoms with Crippen LogP contribution in [0.1, 0.15) is 28.4 Å². The summed E-state index contributed by atoms with van der Waals surface area (Å²) in [5, 5.41) is 11.1. The van der Waals surface area contributed by atoms with E-state index in [4.69, 9.17) is 15.5 Å². The minimum Gasteiger partial charge on any atom is -0.458 e. The van der Waals surface area contributed by atoms with E-state index in [-0.39, 0.29) is 24.3 Å². The predicted molar refractivity (Wildman–Crippen MR) is 101 cm³/mol. The van der Waals surface area contributed by atoms with Gasteiger partial charge in [-0.1, -0.05) is 30.0 Å². The zero-order valence-corrected chi connectivity index (χ0v) is 14.7. The zero-order chi connectivity index (χ0) is 19.4. The number of rotatable bonds is 0. The lowest BCUT2D eigenvalue weighted by atomic mass is 9.99. The second-order valence-corrected chi connectivity index (χ2v) is 6.70. The van der Waals surface area contributed by atoms with Crippen LogP contribution in [0.5, 0.6) is 0 Å². The van der Waals surface area contributed by atoms with Crippen molar-refractivity contribution in [3.63, 3.8) is 0 Å². The number of ether oxygens (including phenoxy) is 1. The molecule has 138 valence electrons. The monoisotopic (exact) mass is 373 g/mol. The maximum atomic E-state index is 13.0. The fraction of sp³-hybridized carbons (Fsp3) is 0.190. The summed E-state index contributed by atoms with van der Waals surface area (Å²) in [5.74, 6) is 5.27. The van der Waals surface area contributed by atoms with Gasteiger partial charge in [-0.2, -0.15) is 0 Å². The molecule has 2 aromatic heterocycles. The highest BCUT2D eigenvalue weighted by Crippen LogP contribution is 2.37. The van der Waals surface area contributed by atoms with Gasteiger partial charge in [0.2, 0.25) is 0 Å². The zero-order valence-electron chi connectivity index (χ0n) is 14.7. The van der Waals surface area contributed by atoms with Crippen molar-refractivity contribution in [2.45, 2.75) is 19.3 Å². The Bertz CT molecular complexity index is 1300. The first kappa shape index (κ1) is 16.7. The van der Waals surface area contributed by atoms with Crippen molar-refractivity contribution in [2.24, 2.45) is 5.73 Å². The lowest BCUT2D eigenvalue weighted by molar-refractivity contribution is -0.157. The molecule has 7 nitrogen and oxygen atoms in total. The number of aliphatic hydroxyl groups excluding tert-OH is 1. The first-order valence-corrected chi connectivity index (χ1v) is 8.82. The third kappa shape index (κ3) is 2.22. The standard InChI is InChI=1S/C21H15N3O4/c22-7-3-5-11-12-4-1-2-6-16(12)23-18-14(11)9-24-17(18)8-13-15(20(24)26)10-28-21(27)19(13)25/h1-2,4,6,8,19,25H,7,9-10,22H2. The van der Waals surface area contributed by atoms with Gasteiger partial charge in [-0.05, 0) is 12.1 Å². The highest BCUT2D eigenvalue weighted by Gasteiger charge is 2.34. The highest BCUT2D eigenvalue weighted by molar-refractivity contribution is 5.91. The third-order valence-corrected chi connectivity index (χ3v) is 5.18. The molecule has 2 aliphatic heterocycles. The van der Waals surface area contributed by atoms with Crippen molar-refractivity contribution < 1.29 is 14.6 Å². The Morgan fingerprint density at radius 2 is 2.11 bits per heavy atom. The molecule has 3 N–H and O–H groups in total. The third-order valence-electron chi connectivity index (χ3n) is 5.18. The molecular weight excluding hydrogens is 358 g/mol. The Kier molecular flexibility index (Phi) is 3.59. The molecule has 4 heterocycles. The van der Waals surface area contributed by atoms with Crippen LogP contribution in [0.4, 0.5) is 0 Å². The van der Waals surface area contributed by atoms with E-state index in [0.717, 1.165) is 22.0 Å². The minimum absolute atomic E-state index is 0.143. The van der Waals surface area contributed by atoms with Crippen molar-refractivity contribution in [1.29, 1.82) is 0 Å². The fourth-order valence-corrected chi connectivity index (χ4v) is 3.86. The van der Waals surface area contributed by atoms with Gasteiger partial charge >= 0.3 is 5.97 Å². The Balaban J connectivity index is 1.83. The number of esters is 1. The van der Waals surface area contributed by atoms with E-state index in [1.165, 1.54) is 0 Å². The molecule has 0 fully saturated rings. The topological polar surface area (TPSA) is 107 Å². The van der Waals surface area contributed by atoms with E-state index in [9.17, 15) is 14.7 Å². The molecule has 0 amide bonds. The van der Waals surface area contributed by atoms with Gasteiger partial charge in [0.25, 0.3) is 5.56 Å². The Hall–Kier alpha value is -3.47. The second-order valence-electron chi connectivity index (χ2n) is 6.70. The maximum Gasteiger partial charge on any atom is 0.340 e. The molecule has 2 aliphatic rings. The fourth-order valence-electron chi connectivity index (χ4n) is 3.86. The molecule has 3 aromatic rings. The van der Waals surface area contributed by atoms with Crippen LogP contribution in [-0.4, -0.2) is 27.2 Å². The summed E-state index contributed by atoms with van der Waals surface area (Å²) in [5.41, 5.74) is 9.42. The number of nitrogens with two attached hydrogens (primary N) is 1. The van der Waals surface area contributed by atoms with Crippen molar-refractivity contribution >= 4 is 16.9 Å². The van der Waals surface area contributed by atoms with Crippen molar-refractivity contribution in [3.8, 4) is 23.2 Å². The number of carbonyl (C=O) groups is 1. The van der Waals surface area contributed by atoms with Gasteiger partial charge in [0.05, 0.1) is 35.6 Å². The number of aromatic nitrogens is 2. The largest absolute Gasteiger partial charge is 0.458 e. The molecule has 0 spiro atoms. The van der Waals surface area contributed by atoms with E-state index in [0.29, 0.717) is 23.5 Å². The molecule has 0 saturated carbocycles. The summed E-state index contributed by atoms with van der Waals surface area (Å²) in [6, 6.07) is 9.28. The SMILES string of the molecule is NCC#Cc1c2c(nc3ccccc13)-c1cc3c(c(=O)n1C2)COC(=O)C3O. The van der Waals surface area contributed by atoms with Crippen LogP contribution in [-0.2, 0) is 22.7 Å². The number of nitrogens with zero attached hydrogens (tertiary/aromatic N) is 2. The van der Waals surface area contributed by atoms with E-state index in [2.05, 4.69) is 11.8 Å². The highest BCUT2D eigenvalue weighted by atomic mass is 16.5. The number of para-hydroxylation sites is 1. The van der Waals surface area contributed by atoms with Crippen LogP contribution in [0.3, 0.4) is 0 Å². The average molecular weight is 373 g/mol. The van der Waals surface area contributed by atoms with Crippen molar-refractivity contribution in [1.82, 2.24) is 9.55 Å². The molecule has 5 rings (SSSR count). The van der Waals surface area contributed by atoms with E-state index in [1.807, 2.05) is 24.3 Å². The number of pyridine rings is 2. The number of fused-ring (bicyclic) bond motifs is 5. The van der Waals surface area contributed by atoms with E-state index < -0.39 is 12.1 Å². The van der Waals surface area contributed by atoms with Gasteiger partial charge in [0.15, 0.2) is 6.10 Å². The second kappa shape index (κ2) is 6.02. The van der Waals surface area contributed by atoms with Gasteiger partial charge in [-0.3, -0.25) is 4.79 Å². The molecule has 1 unspecified atom stereocenters. The van der Waals surface area contributed by atoms with Crippen molar-refractivity contribution in [2.75, 3.05) is 6.54 Å². The molecule has 0 radical (unpaired) electrons. The number of hydrogen-bond acceptors (Lipinski definition) is 6. The summed E-state index contributed by atoms with van der Waals surface area (Å²) in [6.45, 7) is 0.390. The summed E-state index contributed by atoms with van der Waals surface area (Å²) in [4.78, 5) is 29.5.